The van der Waals surface area contributed by atoms with E-state index >= 15 is 0 Å². The Morgan fingerprint density at radius 2 is 2.22 bits per heavy atom. The number of aliphatic hydroxyl groups is 1. The smallest absolute Gasteiger partial charge is 0.224 e. The Labute approximate surface area is 108 Å². The summed E-state index contributed by atoms with van der Waals surface area (Å²) >= 11 is 0. The molecule has 1 amide bonds. The first-order valence-electron chi connectivity index (χ1n) is 6.52. The molecule has 18 heavy (non-hydrogen) atoms. The summed E-state index contributed by atoms with van der Waals surface area (Å²) in [6.07, 6.45) is 2.52. The van der Waals surface area contributed by atoms with Gasteiger partial charge in [-0.3, -0.25) is 4.79 Å². The average molecular weight is 247 g/mol. The topological polar surface area (TPSA) is 49.3 Å². The van der Waals surface area contributed by atoms with Crippen molar-refractivity contribution in [2.45, 2.75) is 38.7 Å². The Hall–Kier alpha value is -1.35. The fourth-order valence-electron chi connectivity index (χ4n) is 2.20. The molecule has 0 unspecified atom stereocenters. The summed E-state index contributed by atoms with van der Waals surface area (Å²) in [5.74, 6) is 0.332. The third kappa shape index (κ3) is 3.57. The zero-order chi connectivity index (χ0) is 13.2. The summed E-state index contributed by atoms with van der Waals surface area (Å²) in [6, 6.07) is 7.93. The second kappa shape index (κ2) is 5.11. The van der Waals surface area contributed by atoms with Crippen LogP contribution in [-0.2, 0) is 11.2 Å². The number of benzene rings is 1. The summed E-state index contributed by atoms with van der Waals surface area (Å²) in [4.78, 5) is 11.8. The van der Waals surface area contributed by atoms with Gasteiger partial charge in [0.15, 0.2) is 0 Å². The average Bonchev–Trinajstić information content (AvgIpc) is 3.10. The Kier molecular flexibility index (Phi) is 3.71. The molecule has 1 atom stereocenters. The molecule has 0 heterocycles. The monoisotopic (exact) mass is 247 g/mol. The zero-order valence-electron chi connectivity index (χ0n) is 11.1. The summed E-state index contributed by atoms with van der Waals surface area (Å²) in [5.41, 5.74) is 1.42. The number of nitrogens with one attached hydrogen (secondary N) is 1. The van der Waals surface area contributed by atoms with Gasteiger partial charge in [-0.05, 0) is 38.2 Å². The lowest BCUT2D eigenvalue weighted by atomic mass is 10.0. The summed E-state index contributed by atoms with van der Waals surface area (Å²) in [5, 5.41) is 12.9. The molecule has 1 aromatic carbocycles. The molecule has 2 rings (SSSR count). The molecule has 1 fully saturated rings. The number of rotatable bonds is 5. The van der Waals surface area contributed by atoms with Gasteiger partial charge >= 0.3 is 0 Å². The van der Waals surface area contributed by atoms with Gasteiger partial charge in [-0.25, -0.2) is 0 Å². The lowest BCUT2D eigenvalue weighted by Gasteiger charge is -2.23. The molecule has 0 aromatic heterocycles. The second-order valence-corrected chi connectivity index (χ2v) is 5.57. The lowest BCUT2D eigenvalue weighted by molar-refractivity contribution is -0.121. The Bertz CT molecular complexity index is 436. The Morgan fingerprint density at radius 3 is 2.83 bits per heavy atom. The van der Waals surface area contributed by atoms with Crippen LogP contribution in [0.4, 0.5) is 0 Å². The van der Waals surface area contributed by atoms with E-state index in [1.165, 1.54) is 0 Å². The van der Waals surface area contributed by atoms with E-state index in [2.05, 4.69) is 5.32 Å². The largest absolute Gasteiger partial charge is 0.388 e. The van der Waals surface area contributed by atoms with Gasteiger partial charge in [0, 0.05) is 6.54 Å². The van der Waals surface area contributed by atoms with Crippen molar-refractivity contribution >= 4 is 5.91 Å². The standard InChI is InChI=1S/C15H21NO2/c1-11-4-3-5-12(8-11)9-14(17)16-10-15(2,18)13-6-7-13/h3-5,8,13,18H,6-7,9-10H2,1-2H3,(H,16,17)/t15-/m1/s1. The van der Waals surface area contributed by atoms with E-state index in [9.17, 15) is 9.90 Å². The van der Waals surface area contributed by atoms with Crippen molar-refractivity contribution in [3.05, 3.63) is 35.4 Å². The molecule has 1 aliphatic rings. The van der Waals surface area contributed by atoms with E-state index in [4.69, 9.17) is 0 Å². The van der Waals surface area contributed by atoms with Crippen molar-refractivity contribution in [2.75, 3.05) is 6.54 Å². The van der Waals surface area contributed by atoms with Gasteiger partial charge in [-0.15, -0.1) is 0 Å². The maximum Gasteiger partial charge on any atom is 0.224 e. The molecule has 0 spiro atoms. The summed E-state index contributed by atoms with van der Waals surface area (Å²) in [7, 11) is 0. The number of hydrogen-bond acceptors (Lipinski definition) is 2. The van der Waals surface area contributed by atoms with E-state index in [0.29, 0.717) is 18.9 Å². The van der Waals surface area contributed by atoms with Gasteiger partial charge in [-0.1, -0.05) is 29.8 Å². The van der Waals surface area contributed by atoms with Crippen molar-refractivity contribution in [1.82, 2.24) is 5.32 Å². The van der Waals surface area contributed by atoms with Crippen LogP contribution in [0, 0.1) is 12.8 Å². The highest BCUT2D eigenvalue weighted by molar-refractivity contribution is 5.78. The normalized spacial score (nSPS) is 18.2. The zero-order valence-corrected chi connectivity index (χ0v) is 11.1. The van der Waals surface area contributed by atoms with Crippen LogP contribution in [0.15, 0.2) is 24.3 Å². The predicted molar refractivity (Wildman–Crippen MR) is 71.2 cm³/mol. The van der Waals surface area contributed by atoms with Crippen LogP contribution in [0.1, 0.15) is 30.9 Å². The molecule has 3 nitrogen and oxygen atoms in total. The minimum Gasteiger partial charge on any atom is -0.388 e. The van der Waals surface area contributed by atoms with Gasteiger partial charge < -0.3 is 10.4 Å². The molecular formula is C15H21NO2. The first kappa shape index (κ1) is 13.1. The summed E-state index contributed by atoms with van der Waals surface area (Å²) in [6.45, 7) is 4.17. The third-order valence-electron chi connectivity index (χ3n) is 3.55. The van der Waals surface area contributed by atoms with Crippen molar-refractivity contribution in [1.29, 1.82) is 0 Å². The van der Waals surface area contributed by atoms with E-state index in [1.807, 2.05) is 31.2 Å². The van der Waals surface area contributed by atoms with Crippen molar-refractivity contribution in [3.8, 4) is 0 Å². The van der Waals surface area contributed by atoms with Crippen LogP contribution < -0.4 is 5.32 Å². The molecule has 0 saturated heterocycles. The molecule has 1 saturated carbocycles. The van der Waals surface area contributed by atoms with Gasteiger partial charge in [-0.2, -0.15) is 0 Å². The highest BCUT2D eigenvalue weighted by Crippen LogP contribution is 2.38. The van der Waals surface area contributed by atoms with Crippen LogP contribution in [0.3, 0.4) is 0 Å². The Balaban J connectivity index is 1.82. The number of carbonyl (C=O) groups is 1. The van der Waals surface area contributed by atoms with Crippen LogP contribution in [0.25, 0.3) is 0 Å². The molecule has 0 radical (unpaired) electrons. The molecule has 1 aliphatic carbocycles. The lowest BCUT2D eigenvalue weighted by Crippen LogP contribution is -2.42. The highest BCUT2D eigenvalue weighted by Gasteiger charge is 2.39. The number of amides is 1. The van der Waals surface area contributed by atoms with Crippen LogP contribution in [0.5, 0.6) is 0 Å². The first-order valence-corrected chi connectivity index (χ1v) is 6.52. The fraction of sp³-hybridized carbons (Fsp3) is 0.533. The molecular weight excluding hydrogens is 226 g/mol. The van der Waals surface area contributed by atoms with Crippen LogP contribution >= 0.6 is 0 Å². The number of hydrogen-bond donors (Lipinski definition) is 2. The maximum absolute atomic E-state index is 11.8. The summed E-state index contributed by atoms with van der Waals surface area (Å²) < 4.78 is 0. The van der Waals surface area contributed by atoms with Gasteiger partial charge in [0.05, 0.1) is 12.0 Å². The van der Waals surface area contributed by atoms with Crippen molar-refractivity contribution < 1.29 is 9.90 Å². The van der Waals surface area contributed by atoms with E-state index in [1.54, 1.807) is 6.92 Å². The quantitative estimate of drug-likeness (QED) is 0.833. The van der Waals surface area contributed by atoms with Gasteiger partial charge in [0.2, 0.25) is 5.91 Å². The molecule has 0 aliphatic heterocycles. The van der Waals surface area contributed by atoms with Crippen LogP contribution in [-0.4, -0.2) is 23.2 Å². The molecule has 0 bridgehead atoms. The minimum atomic E-state index is -0.748. The first-order chi connectivity index (χ1) is 8.47. The molecule has 98 valence electrons. The Morgan fingerprint density at radius 1 is 1.50 bits per heavy atom. The highest BCUT2D eigenvalue weighted by atomic mass is 16.3. The molecule has 1 aromatic rings. The van der Waals surface area contributed by atoms with Crippen LogP contribution in [0.2, 0.25) is 0 Å². The van der Waals surface area contributed by atoms with Gasteiger partial charge in [0.25, 0.3) is 0 Å². The van der Waals surface area contributed by atoms with Gasteiger partial charge in [0.1, 0.15) is 0 Å². The van der Waals surface area contributed by atoms with E-state index in [-0.39, 0.29) is 5.91 Å². The van der Waals surface area contributed by atoms with Crippen molar-refractivity contribution in [3.63, 3.8) is 0 Å². The fourth-order valence-corrected chi connectivity index (χ4v) is 2.20. The second-order valence-electron chi connectivity index (χ2n) is 5.57. The van der Waals surface area contributed by atoms with E-state index < -0.39 is 5.60 Å². The number of aryl methyl sites for hydroxylation is 1. The third-order valence-corrected chi connectivity index (χ3v) is 3.55. The predicted octanol–water partition coefficient (Wildman–Crippen LogP) is 1.81. The maximum atomic E-state index is 11.8. The minimum absolute atomic E-state index is 0.0264. The molecule has 2 N–H and O–H groups in total. The van der Waals surface area contributed by atoms with E-state index in [0.717, 1.165) is 24.0 Å². The number of carbonyl (C=O) groups excluding carboxylic acids is 1. The molecule has 3 heteroatoms. The van der Waals surface area contributed by atoms with Crippen molar-refractivity contribution in [2.24, 2.45) is 5.92 Å². The SMILES string of the molecule is Cc1cccc(CC(=O)NC[C@@](C)(O)C2CC2)c1.